The zero-order chi connectivity index (χ0) is 14.8. The van der Waals surface area contributed by atoms with Crippen LogP contribution in [0.1, 0.15) is 25.7 Å². The van der Waals surface area contributed by atoms with Gasteiger partial charge in [0, 0.05) is 31.9 Å². The summed E-state index contributed by atoms with van der Waals surface area (Å²) in [5, 5.41) is 3.41. The van der Waals surface area contributed by atoms with Crippen molar-refractivity contribution in [2.75, 3.05) is 19.4 Å². The van der Waals surface area contributed by atoms with Gasteiger partial charge >= 0.3 is 0 Å². The van der Waals surface area contributed by atoms with Crippen molar-refractivity contribution < 1.29 is 8.42 Å². The molecule has 0 spiro atoms. The molecule has 5 nitrogen and oxygen atoms in total. The maximum atomic E-state index is 12.1. The Balaban J connectivity index is 2.11. The van der Waals surface area contributed by atoms with Crippen LogP contribution >= 0.6 is 0 Å². The molecule has 0 atom stereocenters. The summed E-state index contributed by atoms with van der Waals surface area (Å²) >= 11 is 0. The highest BCUT2D eigenvalue weighted by Gasteiger charge is 2.20. The van der Waals surface area contributed by atoms with Crippen molar-refractivity contribution in [2.24, 2.45) is 5.73 Å². The van der Waals surface area contributed by atoms with Crippen molar-refractivity contribution in [1.82, 2.24) is 4.31 Å². The third kappa shape index (κ3) is 3.50. The summed E-state index contributed by atoms with van der Waals surface area (Å²) in [5.74, 6) is 0. The molecule has 1 saturated carbocycles. The van der Waals surface area contributed by atoms with E-state index in [9.17, 15) is 8.42 Å². The van der Waals surface area contributed by atoms with E-state index in [0.29, 0.717) is 17.0 Å². The highest BCUT2D eigenvalue weighted by atomic mass is 32.2. The minimum absolute atomic E-state index is 0.313. The number of nitrogens with one attached hydrogen (secondary N) is 1. The number of nitrogens with two attached hydrogens (primary N) is 1. The fourth-order valence-electron chi connectivity index (χ4n) is 2.46. The summed E-state index contributed by atoms with van der Waals surface area (Å²) in [6.07, 6.45) is 4.11. The highest BCUT2D eigenvalue weighted by molar-refractivity contribution is 7.89. The van der Waals surface area contributed by atoms with Gasteiger partial charge in [0.2, 0.25) is 10.0 Å². The quantitative estimate of drug-likeness (QED) is 0.885. The smallest absolute Gasteiger partial charge is 0.242 e. The van der Waals surface area contributed by atoms with E-state index in [2.05, 4.69) is 5.32 Å². The summed E-state index contributed by atoms with van der Waals surface area (Å²) in [6, 6.07) is 7.69. The molecular formula is C14H23N3O2S. The van der Waals surface area contributed by atoms with Crippen LogP contribution in [-0.4, -0.2) is 38.9 Å². The normalized spacial score (nSPS) is 23.8. The minimum atomic E-state index is -3.38. The number of anilines is 1. The van der Waals surface area contributed by atoms with E-state index in [0.717, 1.165) is 31.4 Å². The average Bonchev–Trinajstić information content (AvgIpc) is 2.41. The number of hydrogen-bond acceptors (Lipinski definition) is 4. The highest BCUT2D eigenvalue weighted by Crippen LogP contribution is 2.23. The Morgan fingerprint density at radius 1 is 1.20 bits per heavy atom. The zero-order valence-corrected chi connectivity index (χ0v) is 12.9. The Bertz CT molecular complexity index is 549. The van der Waals surface area contributed by atoms with Crippen LogP contribution in [0, 0.1) is 0 Å². The summed E-state index contributed by atoms with van der Waals surface area (Å²) < 4.78 is 25.4. The molecule has 0 unspecified atom stereocenters. The van der Waals surface area contributed by atoms with Gasteiger partial charge in [-0.3, -0.25) is 0 Å². The van der Waals surface area contributed by atoms with Gasteiger partial charge in [0.1, 0.15) is 0 Å². The van der Waals surface area contributed by atoms with Crippen LogP contribution in [0.15, 0.2) is 29.2 Å². The summed E-state index contributed by atoms with van der Waals surface area (Å²) in [7, 11) is -0.296. The Morgan fingerprint density at radius 2 is 1.85 bits per heavy atom. The Kier molecular flexibility index (Phi) is 4.67. The minimum Gasteiger partial charge on any atom is -0.382 e. The van der Waals surface area contributed by atoms with Crippen molar-refractivity contribution >= 4 is 15.7 Å². The van der Waals surface area contributed by atoms with E-state index in [-0.39, 0.29) is 0 Å². The van der Waals surface area contributed by atoms with Crippen molar-refractivity contribution in [3.05, 3.63) is 24.3 Å². The first-order chi connectivity index (χ1) is 9.39. The summed E-state index contributed by atoms with van der Waals surface area (Å²) in [6.45, 7) is 0. The van der Waals surface area contributed by atoms with Crippen LogP contribution in [0.4, 0.5) is 5.69 Å². The second-order valence-electron chi connectivity index (χ2n) is 5.57. The van der Waals surface area contributed by atoms with Crippen LogP contribution in [0.3, 0.4) is 0 Å². The van der Waals surface area contributed by atoms with Gasteiger partial charge in [-0.05, 0) is 43.9 Å². The van der Waals surface area contributed by atoms with E-state index in [1.54, 1.807) is 18.2 Å². The number of hydrogen-bond donors (Lipinski definition) is 2. The molecular weight excluding hydrogens is 274 g/mol. The van der Waals surface area contributed by atoms with E-state index < -0.39 is 10.0 Å². The fourth-order valence-corrected chi connectivity index (χ4v) is 3.40. The average molecular weight is 297 g/mol. The number of benzene rings is 1. The maximum Gasteiger partial charge on any atom is 0.242 e. The van der Waals surface area contributed by atoms with E-state index in [1.165, 1.54) is 18.4 Å². The molecule has 1 aliphatic rings. The standard InChI is InChI=1S/C14H23N3O2S/c1-17(2)20(18,19)14-5-3-4-13(10-14)16-12-8-6-11(15)7-9-12/h3-5,10-12,16H,6-9,15H2,1-2H3. The van der Waals surface area contributed by atoms with Crippen molar-refractivity contribution in [1.29, 1.82) is 0 Å². The first-order valence-corrected chi connectivity index (χ1v) is 8.38. The summed E-state index contributed by atoms with van der Waals surface area (Å²) in [5.41, 5.74) is 6.75. The van der Waals surface area contributed by atoms with Crippen LogP contribution in [0.2, 0.25) is 0 Å². The largest absolute Gasteiger partial charge is 0.382 e. The van der Waals surface area contributed by atoms with E-state index in [4.69, 9.17) is 5.73 Å². The topological polar surface area (TPSA) is 75.4 Å². The van der Waals surface area contributed by atoms with Crippen LogP contribution in [0.5, 0.6) is 0 Å². The van der Waals surface area contributed by atoms with E-state index in [1.807, 2.05) is 6.07 Å². The van der Waals surface area contributed by atoms with Gasteiger partial charge in [0.15, 0.2) is 0 Å². The predicted molar refractivity (Wildman–Crippen MR) is 81.2 cm³/mol. The Hall–Kier alpha value is -1.11. The lowest BCUT2D eigenvalue weighted by Gasteiger charge is -2.27. The lowest BCUT2D eigenvalue weighted by molar-refractivity contribution is 0.411. The molecule has 0 saturated heterocycles. The SMILES string of the molecule is CN(C)S(=O)(=O)c1cccc(NC2CCC(N)CC2)c1. The molecule has 112 valence electrons. The lowest BCUT2D eigenvalue weighted by atomic mass is 9.92. The molecule has 0 heterocycles. The molecule has 1 aliphatic carbocycles. The number of sulfonamides is 1. The van der Waals surface area contributed by atoms with E-state index >= 15 is 0 Å². The number of nitrogens with zero attached hydrogens (tertiary/aromatic N) is 1. The van der Waals surface area contributed by atoms with Gasteiger partial charge in [-0.2, -0.15) is 0 Å². The monoisotopic (exact) mass is 297 g/mol. The van der Waals surface area contributed by atoms with Gasteiger partial charge in [0.25, 0.3) is 0 Å². The van der Waals surface area contributed by atoms with Crippen molar-refractivity contribution in [3.8, 4) is 0 Å². The molecule has 3 N–H and O–H groups in total. The first-order valence-electron chi connectivity index (χ1n) is 6.94. The Morgan fingerprint density at radius 3 is 2.45 bits per heavy atom. The lowest BCUT2D eigenvalue weighted by Crippen LogP contribution is -2.32. The molecule has 0 bridgehead atoms. The van der Waals surface area contributed by atoms with Crippen molar-refractivity contribution in [2.45, 2.75) is 42.7 Å². The maximum absolute atomic E-state index is 12.1. The molecule has 0 radical (unpaired) electrons. The molecule has 1 aromatic rings. The van der Waals surface area contributed by atoms with Gasteiger partial charge in [-0.15, -0.1) is 0 Å². The molecule has 0 aliphatic heterocycles. The van der Waals surface area contributed by atoms with Crippen molar-refractivity contribution in [3.63, 3.8) is 0 Å². The Labute approximate surface area is 121 Å². The van der Waals surface area contributed by atoms with Gasteiger partial charge < -0.3 is 11.1 Å². The molecule has 1 fully saturated rings. The third-order valence-corrected chi connectivity index (χ3v) is 5.57. The van der Waals surface area contributed by atoms with Gasteiger partial charge in [-0.1, -0.05) is 6.07 Å². The van der Waals surface area contributed by atoms with Crippen LogP contribution < -0.4 is 11.1 Å². The summed E-state index contributed by atoms with van der Waals surface area (Å²) in [4.78, 5) is 0.319. The predicted octanol–water partition coefficient (Wildman–Crippen LogP) is 1.62. The number of rotatable bonds is 4. The van der Waals surface area contributed by atoms with Gasteiger partial charge in [-0.25, -0.2) is 12.7 Å². The molecule has 0 aromatic heterocycles. The first kappa shape index (κ1) is 15.3. The zero-order valence-electron chi connectivity index (χ0n) is 12.0. The molecule has 2 rings (SSSR count). The van der Waals surface area contributed by atoms with Crippen LogP contribution in [0.25, 0.3) is 0 Å². The molecule has 0 amide bonds. The molecule has 20 heavy (non-hydrogen) atoms. The second-order valence-corrected chi connectivity index (χ2v) is 7.72. The van der Waals surface area contributed by atoms with Gasteiger partial charge in [0.05, 0.1) is 4.90 Å². The fraction of sp³-hybridized carbons (Fsp3) is 0.571. The van der Waals surface area contributed by atoms with Crippen LogP contribution in [-0.2, 0) is 10.0 Å². The molecule has 1 aromatic carbocycles. The molecule has 6 heteroatoms. The third-order valence-electron chi connectivity index (χ3n) is 3.76. The second kappa shape index (κ2) is 6.11.